The third kappa shape index (κ3) is 3.71. The molecule has 130 valence electrons. The van der Waals surface area contributed by atoms with E-state index in [1.165, 1.54) is 0 Å². The fourth-order valence-electron chi connectivity index (χ4n) is 2.49. The Morgan fingerprint density at radius 3 is 2.76 bits per heavy atom. The summed E-state index contributed by atoms with van der Waals surface area (Å²) in [5.41, 5.74) is 4.54. The number of anilines is 2. The van der Waals surface area contributed by atoms with E-state index in [1.54, 1.807) is 30.6 Å². The SMILES string of the molecule is CNc1ccc(C)c(-c2cn3cc(NC(=O)OC(C)C)cnc3n2)c1. The molecule has 1 amide bonds. The van der Waals surface area contributed by atoms with Crippen LogP contribution in [-0.4, -0.2) is 33.6 Å². The molecule has 0 unspecified atom stereocenters. The molecule has 2 heterocycles. The number of hydrogen-bond donors (Lipinski definition) is 2. The summed E-state index contributed by atoms with van der Waals surface area (Å²) in [5, 5.41) is 5.79. The molecule has 2 aromatic heterocycles. The van der Waals surface area contributed by atoms with Gasteiger partial charge >= 0.3 is 6.09 Å². The number of hydrogen-bond acceptors (Lipinski definition) is 5. The monoisotopic (exact) mass is 339 g/mol. The van der Waals surface area contributed by atoms with E-state index in [-0.39, 0.29) is 6.10 Å². The molecule has 7 nitrogen and oxygen atoms in total. The molecule has 0 aliphatic rings. The molecular weight excluding hydrogens is 318 g/mol. The van der Waals surface area contributed by atoms with Crippen LogP contribution in [0.4, 0.5) is 16.2 Å². The van der Waals surface area contributed by atoms with Gasteiger partial charge in [0.25, 0.3) is 0 Å². The zero-order valence-corrected chi connectivity index (χ0v) is 14.7. The molecule has 0 aliphatic heterocycles. The number of benzene rings is 1. The number of amides is 1. The van der Waals surface area contributed by atoms with Gasteiger partial charge in [-0.05, 0) is 38.5 Å². The van der Waals surface area contributed by atoms with Crippen LogP contribution in [0.5, 0.6) is 0 Å². The van der Waals surface area contributed by atoms with Crippen molar-refractivity contribution in [2.45, 2.75) is 26.9 Å². The van der Waals surface area contributed by atoms with Crippen LogP contribution < -0.4 is 10.6 Å². The Hall–Kier alpha value is -3.09. The van der Waals surface area contributed by atoms with Crippen molar-refractivity contribution in [2.75, 3.05) is 17.7 Å². The molecular formula is C18H21N5O2. The van der Waals surface area contributed by atoms with Crippen LogP contribution >= 0.6 is 0 Å². The highest BCUT2D eigenvalue weighted by Gasteiger charge is 2.11. The van der Waals surface area contributed by atoms with Crippen LogP contribution in [0, 0.1) is 6.92 Å². The molecule has 0 atom stereocenters. The van der Waals surface area contributed by atoms with E-state index in [0.717, 1.165) is 22.5 Å². The summed E-state index contributed by atoms with van der Waals surface area (Å²) in [6.07, 6.45) is 4.53. The molecule has 0 saturated carbocycles. The molecule has 1 aromatic carbocycles. The Kier molecular flexibility index (Phi) is 4.56. The highest BCUT2D eigenvalue weighted by Crippen LogP contribution is 2.26. The second-order valence-electron chi connectivity index (χ2n) is 6.03. The number of nitrogens with zero attached hydrogens (tertiary/aromatic N) is 3. The van der Waals surface area contributed by atoms with E-state index in [1.807, 2.05) is 32.3 Å². The molecule has 0 aliphatic carbocycles. The number of rotatable bonds is 4. The first-order valence-corrected chi connectivity index (χ1v) is 8.07. The van der Waals surface area contributed by atoms with Crippen molar-refractivity contribution in [2.24, 2.45) is 0 Å². The number of aryl methyl sites for hydroxylation is 1. The quantitative estimate of drug-likeness (QED) is 0.757. The van der Waals surface area contributed by atoms with Crippen LogP contribution in [0.1, 0.15) is 19.4 Å². The maximum atomic E-state index is 11.7. The topological polar surface area (TPSA) is 80.5 Å². The highest BCUT2D eigenvalue weighted by molar-refractivity contribution is 5.84. The summed E-state index contributed by atoms with van der Waals surface area (Å²) >= 11 is 0. The minimum Gasteiger partial charge on any atom is -0.447 e. The first-order chi connectivity index (χ1) is 12.0. The van der Waals surface area contributed by atoms with Gasteiger partial charge in [-0.25, -0.2) is 14.8 Å². The van der Waals surface area contributed by atoms with Gasteiger partial charge in [0.15, 0.2) is 0 Å². The lowest BCUT2D eigenvalue weighted by Crippen LogP contribution is -2.18. The fourth-order valence-corrected chi connectivity index (χ4v) is 2.49. The molecule has 0 spiro atoms. The first kappa shape index (κ1) is 16.8. The van der Waals surface area contributed by atoms with Gasteiger partial charge in [0.2, 0.25) is 5.78 Å². The zero-order valence-electron chi connectivity index (χ0n) is 14.7. The van der Waals surface area contributed by atoms with Crippen molar-refractivity contribution in [1.29, 1.82) is 0 Å². The predicted molar refractivity (Wildman–Crippen MR) is 97.9 cm³/mol. The highest BCUT2D eigenvalue weighted by atomic mass is 16.6. The maximum absolute atomic E-state index is 11.7. The fraction of sp³-hybridized carbons (Fsp3) is 0.278. The standard InChI is InChI=1S/C18H21N5O2/c1-11(2)25-18(24)21-14-8-20-17-22-16(10-23(17)9-14)15-7-13(19-4)6-5-12(15)3/h5-11,19H,1-4H3,(H,21,24). The second-order valence-corrected chi connectivity index (χ2v) is 6.03. The summed E-state index contributed by atoms with van der Waals surface area (Å²) < 4.78 is 6.86. The normalized spacial score (nSPS) is 10.9. The van der Waals surface area contributed by atoms with E-state index < -0.39 is 6.09 Å². The summed E-state index contributed by atoms with van der Waals surface area (Å²) in [7, 11) is 1.88. The minimum absolute atomic E-state index is 0.182. The average molecular weight is 339 g/mol. The van der Waals surface area contributed by atoms with Crippen LogP contribution in [0.15, 0.2) is 36.8 Å². The van der Waals surface area contributed by atoms with Gasteiger partial charge in [-0.1, -0.05) is 6.07 Å². The number of nitrogens with one attached hydrogen (secondary N) is 2. The average Bonchev–Trinajstić information content (AvgIpc) is 2.97. The van der Waals surface area contributed by atoms with Gasteiger partial charge in [-0.2, -0.15) is 0 Å². The smallest absolute Gasteiger partial charge is 0.411 e. The van der Waals surface area contributed by atoms with Crippen LogP contribution in [0.25, 0.3) is 17.0 Å². The number of ether oxygens (including phenoxy) is 1. The lowest BCUT2D eigenvalue weighted by Gasteiger charge is -2.09. The van der Waals surface area contributed by atoms with E-state index in [4.69, 9.17) is 4.74 Å². The van der Waals surface area contributed by atoms with Gasteiger partial charge in [-0.3, -0.25) is 9.72 Å². The summed E-state index contributed by atoms with van der Waals surface area (Å²) in [6.45, 7) is 5.64. The van der Waals surface area contributed by atoms with Crippen LogP contribution in [-0.2, 0) is 4.74 Å². The van der Waals surface area contributed by atoms with Gasteiger partial charge in [0.1, 0.15) is 0 Å². The van der Waals surface area contributed by atoms with Crippen molar-refractivity contribution in [3.63, 3.8) is 0 Å². The maximum Gasteiger partial charge on any atom is 0.411 e. The number of aromatic nitrogens is 3. The number of carbonyl (C=O) groups excluding carboxylic acids is 1. The van der Waals surface area contributed by atoms with E-state index in [9.17, 15) is 4.79 Å². The first-order valence-electron chi connectivity index (χ1n) is 8.07. The van der Waals surface area contributed by atoms with Crippen molar-refractivity contribution < 1.29 is 9.53 Å². The van der Waals surface area contributed by atoms with Crippen molar-refractivity contribution in [1.82, 2.24) is 14.4 Å². The third-order valence-electron chi connectivity index (χ3n) is 3.70. The molecule has 7 heteroatoms. The molecule has 0 fully saturated rings. The predicted octanol–water partition coefficient (Wildman–Crippen LogP) is 3.70. The van der Waals surface area contributed by atoms with Gasteiger partial charge in [-0.15, -0.1) is 0 Å². The number of imidazole rings is 1. The Bertz CT molecular complexity index is 917. The van der Waals surface area contributed by atoms with Crippen LogP contribution in [0.3, 0.4) is 0 Å². The van der Waals surface area contributed by atoms with Crippen molar-refractivity contribution in [3.05, 3.63) is 42.4 Å². The molecule has 0 saturated heterocycles. The lowest BCUT2D eigenvalue weighted by molar-refractivity contribution is 0.130. The number of fused-ring (bicyclic) bond motifs is 1. The minimum atomic E-state index is -0.506. The Morgan fingerprint density at radius 2 is 2.04 bits per heavy atom. The summed E-state index contributed by atoms with van der Waals surface area (Å²) in [5.74, 6) is 0.562. The molecule has 0 radical (unpaired) electrons. The Morgan fingerprint density at radius 1 is 1.24 bits per heavy atom. The van der Waals surface area contributed by atoms with Crippen molar-refractivity contribution in [3.8, 4) is 11.3 Å². The van der Waals surface area contributed by atoms with Crippen molar-refractivity contribution >= 4 is 23.2 Å². The third-order valence-corrected chi connectivity index (χ3v) is 3.70. The molecule has 3 aromatic rings. The van der Waals surface area contributed by atoms with Gasteiger partial charge in [0, 0.05) is 30.7 Å². The zero-order chi connectivity index (χ0) is 18.0. The second kappa shape index (κ2) is 6.80. The largest absolute Gasteiger partial charge is 0.447 e. The molecule has 0 bridgehead atoms. The Balaban J connectivity index is 1.92. The Labute approximate surface area is 146 Å². The molecule has 2 N–H and O–H groups in total. The lowest BCUT2D eigenvalue weighted by atomic mass is 10.1. The molecule has 3 rings (SSSR count). The van der Waals surface area contributed by atoms with Gasteiger partial charge in [0.05, 0.1) is 23.7 Å². The summed E-state index contributed by atoms with van der Waals surface area (Å²) in [4.78, 5) is 20.6. The number of carbonyl (C=O) groups is 1. The van der Waals surface area contributed by atoms with E-state index >= 15 is 0 Å². The van der Waals surface area contributed by atoms with E-state index in [0.29, 0.717) is 11.5 Å². The van der Waals surface area contributed by atoms with E-state index in [2.05, 4.69) is 26.7 Å². The van der Waals surface area contributed by atoms with Gasteiger partial charge < -0.3 is 10.1 Å². The summed E-state index contributed by atoms with van der Waals surface area (Å²) in [6, 6.07) is 6.12. The van der Waals surface area contributed by atoms with Crippen LogP contribution in [0.2, 0.25) is 0 Å². The molecule has 25 heavy (non-hydrogen) atoms.